The van der Waals surface area contributed by atoms with Gasteiger partial charge in [0.15, 0.2) is 11.5 Å². The van der Waals surface area contributed by atoms with Crippen LogP contribution >= 0.6 is 0 Å². The lowest BCUT2D eigenvalue weighted by Gasteiger charge is -2.24. The summed E-state index contributed by atoms with van der Waals surface area (Å²) in [6.45, 7) is 1.74. The van der Waals surface area contributed by atoms with Crippen molar-refractivity contribution in [1.29, 1.82) is 0 Å². The molecule has 6 heteroatoms. The van der Waals surface area contributed by atoms with Crippen LogP contribution in [0.3, 0.4) is 0 Å². The Hall–Kier alpha value is -2.24. The molecule has 2 aliphatic rings. The smallest absolute Gasteiger partial charge is 0.430 e. The fraction of sp³-hybridized carbons (Fsp3) is 0.529. The summed E-state index contributed by atoms with van der Waals surface area (Å²) in [6, 6.07) is 5.55. The lowest BCUT2D eigenvalue weighted by molar-refractivity contribution is 0.133. The average molecular weight is 318 g/mol. The quantitative estimate of drug-likeness (QED) is 0.514. The van der Waals surface area contributed by atoms with Gasteiger partial charge in [-0.25, -0.2) is 4.79 Å². The zero-order chi connectivity index (χ0) is 16.4. The molecule has 2 aliphatic carbocycles. The number of oxime groups is 1. The van der Waals surface area contributed by atoms with E-state index in [4.69, 9.17) is 15.2 Å². The van der Waals surface area contributed by atoms with Crippen molar-refractivity contribution in [2.24, 2.45) is 22.7 Å². The van der Waals surface area contributed by atoms with Gasteiger partial charge in [0.2, 0.25) is 0 Å². The van der Waals surface area contributed by atoms with Gasteiger partial charge in [-0.1, -0.05) is 5.16 Å². The number of hydrogen-bond donors (Lipinski definition) is 1. The summed E-state index contributed by atoms with van der Waals surface area (Å²) in [5.41, 5.74) is 6.27. The average Bonchev–Trinajstić information content (AvgIpc) is 3.15. The van der Waals surface area contributed by atoms with Crippen LogP contribution in [0.25, 0.3) is 0 Å². The first-order chi connectivity index (χ1) is 11.1. The molecule has 3 unspecified atom stereocenters. The molecule has 2 N–H and O–H groups in total. The van der Waals surface area contributed by atoms with Crippen LogP contribution in [0, 0.1) is 11.8 Å². The second-order valence-corrected chi connectivity index (χ2v) is 6.28. The molecule has 2 fully saturated rings. The van der Waals surface area contributed by atoms with Crippen LogP contribution in [0.5, 0.6) is 11.5 Å². The fourth-order valence-electron chi connectivity index (χ4n) is 3.65. The maximum atomic E-state index is 10.7. The van der Waals surface area contributed by atoms with Crippen LogP contribution in [0.4, 0.5) is 4.79 Å². The van der Waals surface area contributed by atoms with Crippen molar-refractivity contribution in [3.8, 4) is 11.5 Å². The van der Waals surface area contributed by atoms with Gasteiger partial charge in [0.1, 0.15) is 6.10 Å². The molecule has 1 aromatic rings. The van der Waals surface area contributed by atoms with Crippen LogP contribution in [0.2, 0.25) is 0 Å². The van der Waals surface area contributed by atoms with Crippen molar-refractivity contribution >= 4 is 11.8 Å². The van der Waals surface area contributed by atoms with Crippen LogP contribution < -0.4 is 15.2 Å². The van der Waals surface area contributed by atoms with Crippen molar-refractivity contribution in [3.63, 3.8) is 0 Å². The Kier molecular flexibility index (Phi) is 4.41. The predicted octanol–water partition coefficient (Wildman–Crippen LogP) is 3.08. The first kappa shape index (κ1) is 15.6. The highest BCUT2D eigenvalue weighted by molar-refractivity contribution is 5.99. The summed E-state index contributed by atoms with van der Waals surface area (Å²) in [5.74, 6) is 2.86. The molecule has 124 valence electrons. The molecule has 0 saturated heterocycles. The fourth-order valence-corrected chi connectivity index (χ4v) is 3.65. The highest BCUT2D eigenvalue weighted by atomic mass is 16.7. The van der Waals surface area contributed by atoms with Crippen LogP contribution in [-0.2, 0) is 4.84 Å². The van der Waals surface area contributed by atoms with Gasteiger partial charge >= 0.3 is 6.09 Å². The summed E-state index contributed by atoms with van der Waals surface area (Å²) >= 11 is 0. The molecule has 2 bridgehead atoms. The van der Waals surface area contributed by atoms with E-state index >= 15 is 0 Å². The summed E-state index contributed by atoms with van der Waals surface area (Å²) in [5, 5.41) is 3.71. The van der Waals surface area contributed by atoms with Crippen LogP contribution in [0.15, 0.2) is 23.4 Å². The van der Waals surface area contributed by atoms with Crippen molar-refractivity contribution in [3.05, 3.63) is 23.8 Å². The largest absolute Gasteiger partial charge is 0.493 e. The normalized spacial score (nSPS) is 26.2. The molecule has 3 atom stereocenters. The van der Waals surface area contributed by atoms with Gasteiger partial charge in [0.05, 0.1) is 12.8 Å². The van der Waals surface area contributed by atoms with Gasteiger partial charge < -0.3 is 15.2 Å². The molecule has 0 spiro atoms. The van der Waals surface area contributed by atoms with Crippen molar-refractivity contribution in [2.75, 3.05) is 7.11 Å². The van der Waals surface area contributed by atoms with Gasteiger partial charge in [-0.2, -0.15) is 0 Å². The predicted molar refractivity (Wildman–Crippen MR) is 85.7 cm³/mol. The van der Waals surface area contributed by atoms with E-state index < -0.39 is 6.09 Å². The van der Waals surface area contributed by atoms with E-state index in [1.54, 1.807) is 14.0 Å². The van der Waals surface area contributed by atoms with E-state index in [1.807, 2.05) is 18.2 Å². The molecule has 6 nitrogen and oxygen atoms in total. The van der Waals surface area contributed by atoms with E-state index in [0.29, 0.717) is 23.1 Å². The Labute approximate surface area is 135 Å². The zero-order valence-electron chi connectivity index (χ0n) is 13.5. The third-order valence-electron chi connectivity index (χ3n) is 4.81. The second-order valence-electron chi connectivity index (χ2n) is 6.28. The van der Waals surface area contributed by atoms with Gasteiger partial charge in [0, 0.05) is 5.56 Å². The minimum Gasteiger partial charge on any atom is -0.493 e. The number of nitrogens with zero attached hydrogens (tertiary/aromatic N) is 1. The number of nitrogens with two attached hydrogens (primary N) is 1. The topological polar surface area (TPSA) is 83.1 Å². The minimum atomic E-state index is -0.934. The Bertz CT molecular complexity index is 629. The maximum absolute atomic E-state index is 10.7. The second kappa shape index (κ2) is 6.48. The Morgan fingerprint density at radius 1 is 1.26 bits per heavy atom. The molecule has 1 aromatic carbocycles. The molecule has 23 heavy (non-hydrogen) atoms. The number of carbonyl (C=O) groups is 1. The number of amides is 1. The number of hydrogen-bond acceptors (Lipinski definition) is 5. The summed E-state index contributed by atoms with van der Waals surface area (Å²) < 4.78 is 11.6. The molecule has 0 heterocycles. The summed E-state index contributed by atoms with van der Waals surface area (Å²) in [4.78, 5) is 15.1. The number of ether oxygens (including phenoxy) is 2. The standard InChI is InChI=1S/C17H22N2O4/c1-10(19-23-17(18)20)12-5-6-14(21-2)16(9-12)22-15-8-11-3-4-13(15)7-11/h5-6,9,11,13,15H,3-4,7-8H2,1-2H3,(H2,18,20)/b19-10+. The number of primary amides is 1. The molecule has 3 rings (SSSR count). The van der Waals surface area contributed by atoms with Crippen molar-refractivity contribution in [2.45, 2.75) is 38.7 Å². The number of rotatable bonds is 5. The van der Waals surface area contributed by atoms with Gasteiger partial charge in [-0.3, -0.25) is 4.84 Å². The third kappa shape index (κ3) is 3.41. The van der Waals surface area contributed by atoms with Gasteiger partial charge in [-0.05, 0) is 62.6 Å². The lowest BCUT2D eigenvalue weighted by Crippen LogP contribution is -2.23. The first-order valence-corrected chi connectivity index (χ1v) is 7.93. The molecule has 0 aromatic heterocycles. The SMILES string of the molecule is COc1ccc(/C(C)=N/OC(N)=O)cc1OC1CC2CCC1C2. The summed E-state index contributed by atoms with van der Waals surface area (Å²) in [6.07, 6.45) is 4.31. The van der Waals surface area contributed by atoms with Crippen LogP contribution in [0.1, 0.15) is 38.2 Å². The number of methoxy groups -OCH3 is 1. The highest BCUT2D eigenvalue weighted by Crippen LogP contribution is 2.46. The Balaban J connectivity index is 1.79. The Morgan fingerprint density at radius 2 is 2.09 bits per heavy atom. The van der Waals surface area contributed by atoms with E-state index in [9.17, 15) is 4.79 Å². The van der Waals surface area contributed by atoms with Crippen molar-refractivity contribution < 1.29 is 19.1 Å². The maximum Gasteiger partial charge on any atom is 0.430 e. The number of carbonyl (C=O) groups excluding carboxylic acids is 1. The molecular weight excluding hydrogens is 296 g/mol. The van der Waals surface area contributed by atoms with E-state index in [1.165, 1.54) is 19.3 Å². The van der Waals surface area contributed by atoms with Crippen molar-refractivity contribution in [1.82, 2.24) is 0 Å². The lowest BCUT2D eigenvalue weighted by atomic mass is 9.97. The highest BCUT2D eigenvalue weighted by Gasteiger charge is 2.41. The van der Waals surface area contributed by atoms with Crippen LogP contribution in [-0.4, -0.2) is 25.0 Å². The molecular formula is C17H22N2O4. The van der Waals surface area contributed by atoms with E-state index in [0.717, 1.165) is 17.9 Å². The van der Waals surface area contributed by atoms with E-state index in [2.05, 4.69) is 9.99 Å². The number of benzene rings is 1. The molecule has 1 amide bonds. The Morgan fingerprint density at radius 3 is 2.70 bits per heavy atom. The summed E-state index contributed by atoms with van der Waals surface area (Å²) in [7, 11) is 1.62. The van der Waals surface area contributed by atoms with Gasteiger partial charge in [0.25, 0.3) is 0 Å². The molecule has 2 saturated carbocycles. The molecule has 0 aliphatic heterocycles. The number of fused-ring (bicyclic) bond motifs is 2. The van der Waals surface area contributed by atoms with E-state index in [-0.39, 0.29) is 6.10 Å². The van der Waals surface area contributed by atoms with Gasteiger partial charge in [-0.15, -0.1) is 0 Å². The molecule has 0 radical (unpaired) electrons. The third-order valence-corrected chi connectivity index (χ3v) is 4.81. The monoisotopic (exact) mass is 318 g/mol. The minimum absolute atomic E-state index is 0.261. The first-order valence-electron chi connectivity index (χ1n) is 7.93. The zero-order valence-corrected chi connectivity index (χ0v) is 13.5.